The molecule has 1 unspecified atom stereocenters. The number of phenols is 1. The molecule has 0 saturated heterocycles. The van der Waals surface area contributed by atoms with Crippen LogP contribution in [-0.4, -0.2) is 31.1 Å². The van der Waals surface area contributed by atoms with Crippen molar-refractivity contribution >= 4 is 27.6 Å². The van der Waals surface area contributed by atoms with Crippen molar-refractivity contribution in [3.63, 3.8) is 0 Å². The number of hydrogen-bond acceptors (Lipinski definition) is 5. The van der Waals surface area contributed by atoms with E-state index in [9.17, 15) is 22.7 Å². The van der Waals surface area contributed by atoms with Gasteiger partial charge in [0.05, 0.1) is 0 Å². The fourth-order valence-corrected chi connectivity index (χ4v) is 5.37. The summed E-state index contributed by atoms with van der Waals surface area (Å²) < 4.78 is 49.0. The number of hydrogen-bond donors (Lipinski definition) is 2. The lowest BCUT2D eigenvalue weighted by Gasteiger charge is -2.29. The van der Waals surface area contributed by atoms with E-state index in [1.165, 1.54) is 19.1 Å². The van der Waals surface area contributed by atoms with E-state index >= 15 is 0 Å². The van der Waals surface area contributed by atoms with Crippen LogP contribution in [0.3, 0.4) is 0 Å². The summed E-state index contributed by atoms with van der Waals surface area (Å²) >= 11 is 5.89. The number of benzene rings is 2. The van der Waals surface area contributed by atoms with E-state index in [1.807, 2.05) is 0 Å². The zero-order valence-electron chi connectivity index (χ0n) is 19.2. The molecule has 9 heteroatoms. The standard InChI is InChI=1S/C23H29ClFNO5S/c1-12-8-9-17(25)19(14(12)3)15(4)20(22(28)31-23(5,6)7)26-32(29,30)21-13(2)10-16(24)11-18(21)27/h8-11,15,20,26-27H,1-7H3/t15?,20-/m0/s1. The maximum absolute atomic E-state index is 14.8. The third-order valence-electron chi connectivity index (χ3n) is 5.12. The van der Waals surface area contributed by atoms with Gasteiger partial charge in [0.2, 0.25) is 10.0 Å². The van der Waals surface area contributed by atoms with Gasteiger partial charge in [-0.1, -0.05) is 24.6 Å². The van der Waals surface area contributed by atoms with Crippen molar-refractivity contribution in [1.29, 1.82) is 0 Å². The third-order valence-corrected chi connectivity index (χ3v) is 6.97. The fraction of sp³-hybridized carbons (Fsp3) is 0.435. The van der Waals surface area contributed by atoms with Crippen molar-refractivity contribution in [2.45, 2.75) is 70.9 Å². The van der Waals surface area contributed by atoms with Crippen LogP contribution >= 0.6 is 11.6 Å². The maximum atomic E-state index is 14.8. The van der Waals surface area contributed by atoms with Gasteiger partial charge in [-0.3, -0.25) is 4.79 Å². The molecule has 32 heavy (non-hydrogen) atoms. The zero-order chi connectivity index (χ0) is 24.6. The first-order valence-electron chi connectivity index (χ1n) is 10.0. The molecule has 0 aromatic heterocycles. The van der Waals surface area contributed by atoms with Crippen LogP contribution in [0.4, 0.5) is 4.39 Å². The second kappa shape index (κ2) is 9.37. The number of phenolic OH excluding ortho intramolecular Hbond substituents is 1. The number of rotatable bonds is 6. The Labute approximate surface area is 193 Å². The lowest BCUT2D eigenvalue weighted by atomic mass is 9.88. The molecule has 2 N–H and O–H groups in total. The molecule has 0 saturated carbocycles. The van der Waals surface area contributed by atoms with E-state index in [-0.39, 0.29) is 16.1 Å². The number of sulfonamides is 1. The Balaban J connectivity index is 2.61. The summed E-state index contributed by atoms with van der Waals surface area (Å²) in [4.78, 5) is 12.6. The van der Waals surface area contributed by atoms with E-state index in [4.69, 9.17) is 16.3 Å². The number of aryl methyl sites for hydroxylation is 2. The first-order chi connectivity index (χ1) is 14.5. The molecule has 2 atom stereocenters. The monoisotopic (exact) mass is 485 g/mol. The number of esters is 1. The highest BCUT2D eigenvalue weighted by Gasteiger charge is 2.37. The van der Waals surface area contributed by atoms with Gasteiger partial charge in [-0.2, -0.15) is 4.72 Å². The summed E-state index contributed by atoms with van der Waals surface area (Å²) in [7, 11) is -4.41. The van der Waals surface area contributed by atoms with Gasteiger partial charge in [-0.05, 0) is 82.0 Å². The molecule has 0 bridgehead atoms. The second-order valence-corrected chi connectivity index (χ2v) is 11.0. The van der Waals surface area contributed by atoms with Gasteiger partial charge < -0.3 is 9.84 Å². The molecule has 0 spiro atoms. The number of ether oxygens (including phenoxy) is 1. The molecule has 0 fully saturated rings. The quantitative estimate of drug-likeness (QED) is 0.567. The van der Waals surface area contributed by atoms with Crippen LogP contribution in [0.15, 0.2) is 29.2 Å². The van der Waals surface area contributed by atoms with Gasteiger partial charge in [-0.25, -0.2) is 12.8 Å². The molecular weight excluding hydrogens is 457 g/mol. The van der Waals surface area contributed by atoms with Crippen LogP contribution in [0.5, 0.6) is 5.75 Å². The highest BCUT2D eigenvalue weighted by molar-refractivity contribution is 7.89. The van der Waals surface area contributed by atoms with Crippen LogP contribution in [0.2, 0.25) is 5.02 Å². The Hall–Kier alpha value is -2.16. The summed E-state index contributed by atoms with van der Waals surface area (Å²) in [5.74, 6) is -2.89. The van der Waals surface area contributed by atoms with Crippen LogP contribution in [-0.2, 0) is 19.6 Å². The summed E-state index contributed by atoms with van der Waals surface area (Å²) in [6.07, 6.45) is 0. The normalized spacial score (nSPS) is 14.2. The van der Waals surface area contributed by atoms with Gasteiger partial charge >= 0.3 is 5.97 Å². The molecule has 0 radical (unpaired) electrons. The first-order valence-corrected chi connectivity index (χ1v) is 11.9. The Morgan fingerprint density at radius 2 is 1.75 bits per heavy atom. The van der Waals surface area contributed by atoms with Gasteiger partial charge in [0.25, 0.3) is 0 Å². The highest BCUT2D eigenvalue weighted by atomic mass is 35.5. The second-order valence-electron chi connectivity index (χ2n) is 8.89. The fourth-order valence-electron chi connectivity index (χ4n) is 3.54. The number of carbonyl (C=O) groups excluding carboxylic acids is 1. The Bertz CT molecular complexity index is 1120. The molecule has 0 aliphatic heterocycles. The van der Waals surface area contributed by atoms with E-state index < -0.39 is 50.0 Å². The molecule has 0 amide bonds. The average molecular weight is 486 g/mol. The number of nitrogens with one attached hydrogen (secondary N) is 1. The molecule has 0 aliphatic carbocycles. The molecule has 6 nitrogen and oxygen atoms in total. The van der Waals surface area contributed by atoms with E-state index in [1.54, 1.807) is 47.6 Å². The minimum Gasteiger partial charge on any atom is -0.506 e. The summed E-state index contributed by atoms with van der Waals surface area (Å²) in [5, 5.41) is 10.4. The smallest absolute Gasteiger partial charge is 0.325 e. The lowest BCUT2D eigenvalue weighted by molar-refractivity contribution is -0.157. The van der Waals surface area contributed by atoms with Crippen molar-refractivity contribution < 1.29 is 27.4 Å². The van der Waals surface area contributed by atoms with Gasteiger partial charge in [-0.15, -0.1) is 0 Å². The largest absolute Gasteiger partial charge is 0.506 e. The van der Waals surface area contributed by atoms with E-state index in [0.717, 1.165) is 11.6 Å². The Morgan fingerprint density at radius 3 is 2.28 bits per heavy atom. The number of halogens is 2. The predicted molar refractivity (Wildman–Crippen MR) is 122 cm³/mol. The highest BCUT2D eigenvalue weighted by Crippen LogP contribution is 2.33. The molecule has 0 aliphatic rings. The maximum Gasteiger partial charge on any atom is 0.325 e. The van der Waals surface area contributed by atoms with Crippen LogP contribution in [0.1, 0.15) is 55.9 Å². The molecule has 2 aromatic carbocycles. The molecule has 2 rings (SSSR count). The van der Waals surface area contributed by atoms with Crippen LogP contribution in [0.25, 0.3) is 0 Å². The molecular formula is C23H29ClFNO5S. The number of carbonyl (C=O) groups is 1. The van der Waals surface area contributed by atoms with E-state index in [2.05, 4.69) is 4.72 Å². The van der Waals surface area contributed by atoms with Crippen molar-refractivity contribution in [2.24, 2.45) is 0 Å². The summed E-state index contributed by atoms with van der Waals surface area (Å²) in [6.45, 7) is 11.5. The molecule has 176 valence electrons. The zero-order valence-corrected chi connectivity index (χ0v) is 20.8. The van der Waals surface area contributed by atoms with Crippen LogP contribution < -0.4 is 4.72 Å². The topological polar surface area (TPSA) is 92.7 Å². The number of aromatic hydroxyl groups is 1. The van der Waals surface area contributed by atoms with E-state index in [0.29, 0.717) is 5.56 Å². The van der Waals surface area contributed by atoms with Crippen molar-refractivity contribution in [3.8, 4) is 5.75 Å². The van der Waals surface area contributed by atoms with Crippen molar-refractivity contribution in [3.05, 3.63) is 57.4 Å². The predicted octanol–water partition coefficient (Wildman–Crippen LogP) is 4.90. The molecule has 0 heterocycles. The first kappa shape index (κ1) is 26.1. The Kier molecular flexibility index (Phi) is 7.64. The van der Waals surface area contributed by atoms with Crippen molar-refractivity contribution in [1.82, 2.24) is 4.72 Å². The Morgan fingerprint density at radius 1 is 1.16 bits per heavy atom. The van der Waals surface area contributed by atoms with Gasteiger partial charge in [0.15, 0.2) is 0 Å². The molecule has 2 aromatic rings. The minimum absolute atomic E-state index is 0.161. The average Bonchev–Trinajstić information content (AvgIpc) is 2.60. The van der Waals surface area contributed by atoms with Gasteiger partial charge in [0, 0.05) is 10.9 Å². The third kappa shape index (κ3) is 5.79. The van der Waals surface area contributed by atoms with Gasteiger partial charge in [0.1, 0.15) is 28.1 Å². The van der Waals surface area contributed by atoms with Crippen LogP contribution in [0, 0.1) is 26.6 Å². The van der Waals surface area contributed by atoms with Crippen molar-refractivity contribution in [2.75, 3.05) is 0 Å². The summed E-state index contributed by atoms with van der Waals surface area (Å²) in [6, 6.07) is 3.92. The summed E-state index contributed by atoms with van der Waals surface area (Å²) in [5.41, 5.74) is 0.900. The minimum atomic E-state index is -4.41. The lowest BCUT2D eigenvalue weighted by Crippen LogP contribution is -2.47. The SMILES string of the molecule is Cc1ccc(F)c(C(C)[C@H](NS(=O)(=O)c2c(C)cc(Cl)cc2O)C(=O)OC(C)(C)C)c1C.